The Morgan fingerprint density at radius 3 is 2.16 bits per heavy atom. The predicted molar refractivity (Wildman–Crippen MR) is 96.3 cm³/mol. The first-order valence-corrected chi connectivity index (χ1v) is 8.74. The predicted octanol–water partition coefficient (Wildman–Crippen LogP) is 5.72. The van der Waals surface area contributed by atoms with E-state index in [9.17, 15) is 31.1 Å². The molecule has 3 aromatic rings. The van der Waals surface area contributed by atoms with Crippen LogP contribution in [0.5, 0.6) is 11.5 Å². The lowest BCUT2D eigenvalue weighted by atomic mass is 10.1. The normalized spacial score (nSPS) is 14.0. The molecule has 9 heteroatoms. The molecule has 1 aliphatic heterocycles. The molecule has 0 radical (unpaired) electrons. The average molecular weight is 436 g/mol. The highest BCUT2D eigenvalue weighted by molar-refractivity contribution is 6.14. The van der Waals surface area contributed by atoms with Gasteiger partial charge < -0.3 is 9.47 Å². The highest BCUT2D eigenvalue weighted by atomic mass is 19.2. The quantitative estimate of drug-likeness (QED) is 0.227. The summed E-state index contributed by atoms with van der Waals surface area (Å²) in [6.07, 6.45) is 1.22. The lowest BCUT2D eigenvalue weighted by molar-refractivity contribution is 0.101. The molecule has 1 aliphatic rings. The SMILES string of the molecule is O=C1C(=Cc2ccccc2F)Oc2cc(OCc3c(F)c(F)c(F)c(F)c3F)ccc21. The molecule has 0 N–H and O–H groups in total. The van der Waals surface area contributed by atoms with E-state index < -0.39 is 52.9 Å². The van der Waals surface area contributed by atoms with Gasteiger partial charge in [-0.25, -0.2) is 26.3 Å². The van der Waals surface area contributed by atoms with Crippen LogP contribution in [-0.4, -0.2) is 5.78 Å². The molecular weight excluding hydrogens is 426 g/mol. The highest BCUT2D eigenvalue weighted by Gasteiger charge is 2.29. The molecule has 0 spiro atoms. The molecule has 0 atom stereocenters. The number of ketones is 1. The first-order valence-electron chi connectivity index (χ1n) is 8.74. The average Bonchev–Trinajstić information content (AvgIpc) is 3.07. The largest absolute Gasteiger partial charge is 0.489 e. The zero-order chi connectivity index (χ0) is 22.3. The summed E-state index contributed by atoms with van der Waals surface area (Å²) in [6, 6.07) is 9.49. The van der Waals surface area contributed by atoms with E-state index in [0.717, 1.165) is 0 Å². The summed E-state index contributed by atoms with van der Waals surface area (Å²) in [4.78, 5) is 12.4. The number of Topliss-reactive ketones (excluding diaryl/α,β-unsaturated/α-hetero) is 1. The second kappa shape index (κ2) is 7.82. The van der Waals surface area contributed by atoms with Gasteiger partial charge in [-0.15, -0.1) is 0 Å². The number of rotatable bonds is 4. The highest BCUT2D eigenvalue weighted by Crippen LogP contribution is 2.35. The molecule has 4 rings (SSSR count). The van der Waals surface area contributed by atoms with E-state index in [1.807, 2.05) is 0 Å². The second-order valence-corrected chi connectivity index (χ2v) is 6.46. The number of carbonyl (C=O) groups is 1. The van der Waals surface area contributed by atoms with Gasteiger partial charge >= 0.3 is 0 Å². The minimum atomic E-state index is -2.27. The lowest BCUT2D eigenvalue weighted by Gasteiger charge is -2.10. The van der Waals surface area contributed by atoms with Crippen molar-refractivity contribution in [2.45, 2.75) is 6.61 Å². The summed E-state index contributed by atoms with van der Waals surface area (Å²) in [5.41, 5.74) is -0.887. The monoisotopic (exact) mass is 436 g/mol. The first-order chi connectivity index (χ1) is 14.8. The fraction of sp³-hybridized carbons (Fsp3) is 0.0455. The molecule has 0 bridgehead atoms. The van der Waals surface area contributed by atoms with Crippen molar-refractivity contribution in [3.05, 3.63) is 99.8 Å². The van der Waals surface area contributed by atoms with Gasteiger partial charge in [-0.1, -0.05) is 18.2 Å². The van der Waals surface area contributed by atoms with Crippen LogP contribution in [0.2, 0.25) is 0 Å². The van der Waals surface area contributed by atoms with Crippen molar-refractivity contribution < 1.29 is 40.6 Å². The van der Waals surface area contributed by atoms with Crippen LogP contribution in [0.4, 0.5) is 26.3 Å². The van der Waals surface area contributed by atoms with Gasteiger partial charge in [0, 0.05) is 11.6 Å². The van der Waals surface area contributed by atoms with Gasteiger partial charge in [0.2, 0.25) is 11.6 Å². The van der Waals surface area contributed by atoms with Gasteiger partial charge in [-0.05, 0) is 24.3 Å². The smallest absolute Gasteiger partial charge is 0.231 e. The Balaban J connectivity index is 1.57. The van der Waals surface area contributed by atoms with Crippen LogP contribution < -0.4 is 9.47 Å². The maximum Gasteiger partial charge on any atom is 0.231 e. The zero-order valence-electron chi connectivity index (χ0n) is 15.3. The third kappa shape index (κ3) is 3.63. The van der Waals surface area contributed by atoms with E-state index in [0.29, 0.717) is 0 Å². The lowest BCUT2D eigenvalue weighted by Crippen LogP contribution is -2.09. The zero-order valence-corrected chi connectivity index (χ0v) is 15.3. The summed E-state index contributed by atoms with van der Waals surface area (Å²) in [6.45, 7) is -0.962. The molecule has 0 aliphatic carbocycles. The summed E-state index contributed by atoms with van der Waals surface area (Å²) < 4.78 is 91.6. The van der Waals surface area contributed by atoms with E-state index in [1.165, 1.54) is 42.5 Å². The molecule has 31 heavy (non-hydrogen) atoms. The number of allylic oxidation sites excluding steroid dienone is 1. The molecule has 1 heterocycles. The standard InChI is InChI=1S/C22H10F6O3/c23-14-4-2-1-3-10(14)7-16-22(29)12-6-5-11(8-15(12)31-16)30-9-13-17(24)19(26)21(28)20(27)18(13)25/h1-8H,9H2. The van der Waals surface area contributed by atoms with Crippen LogP contribution in [0.3, 0.4) is 0 Å². The van der Waals surface area contributed by atoms with Crippen molar-refractivity contribution in [1.29, 1.82) is 0 Å². The maximum atomic E-state index is 13.8. The number of benzene rings is 3. The van der Waals surface area contributed by atoms with Gasteiger partial charge in [0.15, 0.2) is 29.0 Å². The molecular formula is C22H10F6O3. The van der Waals surface area contributed by atoms with E-state index in [-0.39, 0.29) is 28.4 Å². The van der Waals surface area contributed by atoms with Crippen molar-refractivity contribution in [3.8, 4) is 11.5 Å². The second-order valence-electron chi connectivity index (χ2n) is 6.46. The van der Waals surface area contributed by atoms with E-state index in [2.05, 4.69) is 0 Å². The molecule has 158 valence electrons. The summed E-state index contributed by atoms with van der Waals surface area (Å²) >= 11 is 0. The summed E-state index contributed by atoms with van der Waals surface area (Å²) in [7, 11) is 0. The summed E-state index contributed by atoms with van der Waals surface area (Å²) in [5, 5.41) is 0. The summed E-state index contributed by atoms with van der Waals surface area (Å²) in [5.74, 6) is -11.7. The van der Waals surface area contributed by atoms with Crippen LogP contribution >= 0.6 is 0 Å². The fourth-order valence-electron chi connectivity index (χ4n) is 2.92. The third-order valence-electron chi connectivity index (χ3n) is 4.52. The van der Waals surface area contributed by atoms with E-state index in [1.54, 1.807) is 6.07 Å². The third-order valence-corrected chi connectivity index (χ3v) is 4.52. The Hall–Kier alpha value is -3.75. The molecule has 0 unspecified atom stereocenters. The number of carbonyl (C=O) groups excluding carboxylic acids is 1. The van der Waals surface area contributed by atoms with Gasteiger partial charge in [0.25, 0.3) is 0 Å². The topological polar surface area (TPSA) is 35.5 Å². The van der Waals surface area contributed by atoms with Crippen molar-refractivity contribution in [3.63, 3.8) is 0 Å². The Bertz CT molecular complexity index is 1220. The van der Waals surface area contributed by atoms with Crippen LogP contribution in [0, 0.1) is 34.9 Å². The van der Waals surface area contributed by atoms with Crippen LogP contribution in [0.25, 0.3) is 6.08 Å². The molecule has 0 saturated heterocycles. The Labute approximate surface area is 171 Å². The Morgan fingerprint density at radius 1 is 0.839 bits per heavy atom. The van der Waals surface area contributed by atoms with E-state index >= 15 is 0 Å². The van der Waals surface area contributed by atoms with Crippen molar-refractivity contribution >= 4 is 11.9 Å². The van der Waals surface area contributed by atoms with Gasteiger partial charge in [0.1, 0.15) is 23.9 Å². The van der Waals surface area contributed by atoms with Gasteiger partial charge in [-0.2, -0.15) is 0 Å². The number of halogens is 6. The van der Waals surface area contributed by atoms with Crippen molar-refractivity contribution in [2.24, 2.45) is 0 Å². The van der Waals surface area contributed by atoms with Crippen molar-refractivity contribution in [2.75, 3.05) is 0 Å². The van der Waals surface area contributed by atoms with Gasteiger partial charge in [-0.3, -0.25) is 4.79 Å². The minimum absolute atomic E-state index is 0.0301. The van der Waals surface area contributed by atoms with Crippen molar-refractivity contribution in [1.82, 2.24) is 0 Å². The first kappa shape index (κ1) is 20.5. The Kier molecular flexibility index (Phi) is 5.18. The molecule has 3 aromatic carbocycles. The number of hydrogen-bond acceptors (Lipinski definition) is 3. The molecule has 0 amide bonds. The Morgan fingerprint density at radius 2 is 1.48 bits per heavy atom. The van der Waals surface area contributed by atoms with Crippen LogP contribution in [0.1, 0.15) is 21.5 Å². The van der Waals surface area contributed by atoms with Crippen LogP contribution in [-0.2, 0) is 6.61 Å². The molecule has 0 saturated carbocycles. The fourth-order valence-corrected chi connectivity index (χ4v) is 2.92. The van der Waals surface area contributed by atoms with Crippen LogP contribution in [0.15, 0.2) is 48.2 Å². The minimum Gasteiger partial charge on any atom is -0.489 e. The maximum absolute atomic E-state index is 13.8. The molecule has 3 nitrogen and oxygen atoms in total. The number of ether oxygens (including phenoxy) is 2. The van der Waals surface area contributed by atoms with Gasteiger partial charge in [0.05, 0.1) is 11.1 Å². The molecule has 0 fully saturated rings. The van der Waals surface area contributed by atoms with E-state index in [4.69, 9.17) is 9.47 Å². The number of hydrogen-bond donors (Lipinski definition) is 0. The number of fused-ring (bicyclic) bond motifs is 1. The molecule has 0 aromatic heterocycles.